The third-order valence-electron chi connectivity index (χ3n) is 1.86. The minimum Gasteiger partial charge on any atom is -0.320 e. The summed E-state index contributed by atoms with van der Waals surface area (Å²) in [5.74, 6) is 0. The fourth-order valence-corrected chi connectivity index (χ4v) is 0.947. The van der Waals surface area contributed by atoms with E-state index in [4.69, 9.17) is 5.73 Å². The zero-order valence-corrected chi connectivity index (χ0v) is 8.07. The van der Waals surface area contributed by atoms with Crippen molar-refractivity contribution in [1.82, 2.24) is 9.97 Å². The largest absolute Gasteiger partial charge is 0.320 e. The predicted molar refractivity (Wildman–Crippen MR) is 51.6 cm³/mol. The fraction of sp³-hybridized carbons (Fsp3) is 0.429. The lowest BCUT2D eigenvalue weighted by Gasteiger charge is -2.04. The van der Waals surface area contributed by atoms with E-state index in [1.165, 1.54) is 0 Å². The quantitative estimate of drug-likeness (QED) is 0.755. The van der Waals surface area contributed by atoms with Crippen molar-refractivity contribution in [2.45, 2.75) is 18.4 Å². The van der Waals surface area contributed by atoms with E-state index in [1.54, 1.807) is 18.6 Å². The summed E-state index contributed by atoms with van der Waals surface area (Å²) in [6.45, 7) is 0. The van der Waals surface area contributed by atoms with Crippen molar-refractivity contribution < 1.29 is 0 Å². The molecule has 1 aromatic heterocycles. The van der Waals surface area contributed by atoms with Gasteiger partial charge in [-0.05, 0) is 12.8 Å². The highest BCUT2D eigenvalue weighted by molar-refractivity contribution is 5.85. The Kier molecular flexibility index (Phi) is 3.90. The van der Waals surface area contributed by atoms with Gasteiger partial charge in [-0.1, -0.05) is 0 Å². The summed E-state index contributed by atoms with van der Waals surface area (Å²) >= 11 is 0. The molecule has 0 aromatic carbocycles. The molecule has 0 spiro atoms. The fourth-order valence-electron chi connectivity index (χ4n) is 0.947. The van der Waals surface area contributed by atoms with Gasteiger partial charge in [0.15, 0.2) is 0 Å². The summed E-state index contributed by atoms with van der Waals surface area (Å²) in [5.41, 5.74) is 6.66. The monoisotopic (exact) mass is 207 g/mol. The summed E-state index contributed by atoms with van der Waals surface area (Å²) in [6, 6.07) is 0. The van der Waals surface area contributed by atoms with Crippen molar-refractivity contribution in [3.8, 4) is 0 Å². The van der Waals surface area contributed by atoms with Crippen LogP contribution in [0.3, 0.4) is 0 Å². The van der Waals surface area contributed by atoms with Crippen molar-refractivity contribution in [2.75, 3.05) is 0 Å². The molecule has 12 heavy (non-hydrogen) atoms. The van der Waals surface area contributed by atoms with E-state index >= 15 is 0 Å². The molecule has 1 heterocycles. The molecule has 68 valence electrons. The highest BCUT2D eigenvalue weighted by atomic mass is 35.5. The van der Waals surface area contributed by atoms with Gasteiger partial charge in [-0.15, -0.1) is 24.8 Å². The number of aromatic nitrogens is 2. The molecule has 0 amide bonds. The van der Waals surface area contributed by atoms with Crippen LogP contribution in [0, 0.1) is 0 Å². The van der Waals surface area contributed by atoms with Crippen LogP contribution in [0.2, 0.25) is 0 Å². The van der Waals surface area contributed by atoms with Gasteiger partial charge in [-0.2, -0.15) is 0 Å². The van der Waals surface area contributed by atoms with E-state index in [-0.39, 0.29) is 30.4 Å². The summed E-state index contributed by atoms with van der Waals surface area (Å²) < 4.78 is 0. The van der Waals surface area contributed by atoms with Gasteiger partial charge in [-0.3, -0.25) is 9.97 Å². The molecule has 1 aromatic rings. The second kappa shape index (κ2) is 4.03. The summed E-state index contributed by atoms with van der Waals surface area (Å²) in [5, 5.41) is 0. The van der Waals surface area contributed by atoms with Gasteiger partial charge in [0.2, 0.25) is 0 Å². The molecule has 0 atom stereocenters. The van der Waals surface area contributed by atoms with Crippen LogP contribution in [0.1, 0.15) is 18.5 Å². The van der Waals surface area contributed by atoms with Gasteiger partial charge in [0.1, 0.15) is 0 Å². The average molecular weight is 208 g/mol. The Balaban J connectivity index is 0.000000605. The molecule has 2 rings (SSSR count). The molecule has 0 aliphatic heterocycles. The highest BCUT2D eigenvalue weighted by Crippen LogP contribution is 2.40. The number of halogens is 2. The SMILES string of the molecule is Cl.Cl.NC1(c2cnccn2)CC1. The molecule has 0 bridgehead atoms. The van der Waals surface area contributed by atoms with Crippen LogP contribution in [0.5, 0.6) is 0 Å². The first-order valence-electron chi connectivity index (χ1n) is 3.37. The lowest BCUT2D eigenvalue weighted by atomic mass is 10.2. The normalized spacial score (nSPS) is 17.1. The molecule has 3 nitrogen and oxygen atoms in total. The van der Waals surface area contributed by atoms with Gasteiger partial charge in [0, 0.05) is 12.4 Å². The Morgan fingerprint density at radius 2 is 1.92 bits per heavy atom. The first kappa shape index (κ1) is 11.6. The molecular formula is C7H11Cl2N3. The van der Waals surface area contributed by atoms with E-state index in [0.29, 0.717) is 0 Å². The number of nitrogens with two attached hydrogens (primary N) is 1. The van der Waals surface area contributed by atoms with Crippen LogP contribution in [0.15, 0.2) is 18.6 Å². The molecule has 1 saturated carbocycles. The van der Waals surface area contributed by atoms with Gasteiger partial charge < -0.3 is 5.73 Å². The second-order valence-corrected chi connectivity index (χ2v) is 2.75. The number of hydrogen-bond acceptors (Lipinski definition) is 3. The van der Waals surface area contributed by atoms with Crippen LogP contribution >= 0.6 is 24.8 Å². The van der Waals surface area contributed by atoms with Crippen LogP contribution in [0.25, 0.3) is 0 Å². The Labute approximate surface area is 83.6 Å². The van der Waals surface area contributed by atoms with Crippen LogP contribution in [-0.2, 0) is 5.54 Å². The van der Waals surface area contributed by atoms with Gasteiger partial charge in [-0.25, -0.2) is 0 Å². The van der Waals surface area contributed by atoms with Crippen molar-refractivity contribution in [3.05, 3.63) is 24.3 Å². The Bertz CT molecular complexity index is 236. The molecule has 0 saturated heterocycles. The van der Waals surface area contributed by atoms with Crippen molar-refractivity contribution in [1.29, 1.82) is 0 Å². The van der Waals surface area contributed by atoms with Crippen molar-refractivity contribution in [2.24, 2.45) is 5.73 Å². The maximum absolute atomic E-state index is 5.87. The van der Waals surface area contributed by atoms with Crippen LogP contribution < -0.4 is 5.73 Å². The summed E-state index contributed by atoms with van der Waals surface area (Å²) in [7, 11) is 0. The molecule has 5 heteroatoms. The average Bonchev–Trinajstić information content (AvgIpc) is 2.72. The van der Waals surface area contributed by atoms with Crippen LogP contribution in [-0.4, -0.2) is 9.97 Å². The van der Waals surface area contributed by atoms with E-state index in [0.717, 1.165) is 18.5 Å². The molecule has 0 radical (unpaired) electrons. The predicted octanol–water partition coefficient (Wildman–Crippen LogP) is 1.27. The standard InChI is InChI=1S/C7H9N3.2ClH/c8-7(1-2-7)6-5-9-3-4-10-6;;/h3-5H,1-2,8H2;2*1H. The summed E-state index contributed by atoms with van der Waals surface area (Å²) in [4.78, 5) is 8.07. The maximum Gasteiger partial charge on any atom is 0.0785 e. The lowest BCUT2D eigenvalue weighted by Crippen LogP contribution is -2.20. The smallest absolute Gasteiger partial charge is 0.0785 e. The van der Waals surface area contributed by atoms with Crippen molar-refractivity contribution in [3.63, 3.8) is 0 Å². The van der Waals surface area contributed by atoms with E-state index < -0.39 is 0 Å². The molecule has 1 aliphatic carbocycles. The molecule has 0 unspecified atom stereocenters. The molecule has 1 aliphatic rings. The second-order valence-electron chi connectivity index (χ2n) is 2.75. The van der Waals surface area contributed by atoms with Crippen molar-refractivity contribution >= 4 is 24.8 Å². The first-order valence-corrected chi connectivity index (χ1v) is 3.37. The van der Waals surface area contributed by atoms with Gasteiger partial charge in [0.25, 0.3) is 0 Å². The highest BCUT2D eigenvalue weighted by Gasteiger charge is 2.41. The van der Waals surface area contributed by atoms with Gasteiger partial charge in [0.05, 0.1) is 17.4 Å². The third kappa shape index (κ3) is 2.06. The lowest BCUT2D eigenvalue weighted by molar-refractivity contribution is 0.701. The Morgan fingerprint density at radius 1 is 1.25 bits per heavy atom. The first-order chi connectivity index (χ1) is 4.81. The minimum absolute atomic E-state index is 0. The minimum atomic E-state index is -0.131. The number of rotatable bonds is 1. The van der Waals surface area contributed by atoms with E-state index in [9.17, 15) is 0 Å². The zero-order chi connectivity index (χ0) is 7.03. The molecule has 1 fully saturated rings. The van der Waals surface area contributed by atoms with E-state index in [2.05, 4.69) is 9.97 Å². The Morgan fingerprint density at radius 3 is 2.33 bits per heavy atom. The van der Waals surface area contributed by atoms with E-state index in [1.807, 2.05) is 0 Å². The number of nitrogens with zero attached hydrogens (tertiary/aromatic N) is 2. The Hall–Kier alpha value is -0.380. The summed E-state index contributed by atoms with van der Waals surface area (Å²) in [6.07, 6.45) is 7.18. The third-order valence-corrected chi connectivity index (χ3v) is 1.86. The topological polar surface area (TPSA) is 51.8 Å². The maximum atomic E-state index is 5.87. The van der Waals surface area contributed by atoms with Crippen LogP contribution in [0.4, 0.5) is 0 Å². The number of hydrogen-bond donors (Lipinski definition) is 1. The molecular weight excluding hydrogens is 197 g/mol. The van der Waals surface area contributed by atoms with Gasteiger partial charge >= 0.3 is 0 Å². The zero-order valence-electron chi connectivity index (χ0n) is 6.43. The molecule has 2 N–H and O–H groups in total.